The standard InChI is InChI=1S/C25H38O5/c1-15(29-16(2)26)25(28)13-10-22-20-7-6-18-14-19(30-17(3)27)8-11-23(18,4)21(20)9-12-24(22,25)5/h6,15,19-22,28H,7-14H2,1-5H3/t15-,19-,20-,21+,22+,23-,24-,25+/m0/s1. The summed E-state index contributed by atoms with van der Waals surface area (Å²) in [6.45, 7) is 9.44. The number of rotatable bonds is 3. The number of ether oxygens (including phenoxy) is 2. The van der Waals surface area contributed by atoms with Crippen molar-refractivity contribution in [1.82, 2.24) is 0 Å². The highest BCUT2D eigenvalue weighted by atomic mass is 16.6. The Kier molecular flexibility index (Phi) is 5.36. The summed E-state index contributed by atoms with van der Waals surface area (Å²) in [5, 5.41) is 11.7. The Balaban J connectivity index is 1.58. The maximum Gasteiger partial charge on any atom is 0.302 e. The third-order valence-electron chi connectivity index (χ3n) is 9.62. The Morgan fingerprint density at radius 2 is 1.77 bits per heavy atom. The molecule has 0 aromatic rings. The molecule has 0 aliphatic heterocycles. The highest BCUT2D eigenvalue weighted by Crippen LogP contribution is 2.67. The molecule has 3 fully saturated rings. The molecular formula is C25H38O5. The maximum atomic E-state index is 11.7. The van der Waals surface area contributed by atoms with Crippen LogP contribution in [0.3, 0.4) is 0 Å². The van der Waals surface area contributed by atoms with Crippen molar-refractivity contribution in [3.05, 3.63) is 11.6 Å². The fourth-order valence-electron chi connectivity index (χ4n) is 8.03. The van der Waals surface area contributed by atoms with Gasteiger partial charge in [0, 0.05) is 25.7 Å². The Hall–Kier alpha value is -1.36. The summed E-state index contributed by atoms with van der Waals surface area (Å²) in [5.74, 6) is 1.11. The van der Waals surface area contributed by atoms with Crippen molar-refractivity contribution in [3.63, 3.8) is 0 Å². The molecule has 0 saturated heterocycles. The predicted octanol–water partition coefficient (Wildman–Crippen LogP) is 4.56. The summed E-state index contributed by atoms with van der Waals surface area (Å²) in [6, 6.07) is 0. The molecule has 3 saturated carbocycles. The van der Waals surface area contributed by atoms with E-state index < -0.39 is 11.7 Å². The molecule has 0 radical (unpaired) electrons. The third kappa shape index (κ3) is 3.14. The molecule has 0 amide bonds. The Morgan fingerprint density at radius 3 is 2.43 bits per heavy atom. The van der Waals surface area contributed by atoms with Gasteiger partial charge in [0.15, 0.2) is 0 Å². The number of allylic oxidation sites excluding steroid dienone is 1. The molecular weight excluding hydrogens is 380 g/mol. The molecule has 0 bridgehead atoms. The van der Waals surface area contributed by atoms with Gasteiger partial charge in [-0.15, -0.1) is 0 Å². The second kappa shape index (κ2) is 7.36. The lowest BCUT2D eigenvalue weighted by molar-refractivity contribution is -0.192. The lowest BCUT2D eigenvalue weighted by Crippen LogP contribution is -2.58. The minimum Gasteiger partial charge on any atom is -0.462 e. The highest BCUT2D eigenvalue weighted by Gasteiger charge is 2.65. The summed E-state index contributed by atoms with van der Waals surface area (Å²) in [5.41, 5.74) is 0.473. The van der Waals surface area contributed by atoms with Crippen LogP contribution in [0, 0.1) is 28.6 Å². The largest absolute Gasteiger partial charge is 0.462 e. The number of carbonyl (C=O) groups is 2. The van der Waals surface area contributed by atoms with Gasteiger partial charge in [0.25, 0.3) is 0 Å². The van der Waals surface area contributed by atoms with Crippen molar-refractivity contribution in [2.45, 2.75) is 104 Å². The first-order chi connectivity index (χ1) is 14.0. The van der Waals surface area contributed by atoms with Crippen molar-refractivity contribution in [3.8, 4) is 0 Å². The molecule has 4 rings (SSSR count). The molecule has 0 aromatic heterocycles. The average Bonchev–Trinajstić information content (AvgIpc) is 2.93. The molecule has 5 heteroatoms. The average molecular weight is 419 g/mol. The van der Waals surface area contributed by atoms with Crippen LogP contribution in [0.1, 0.15) is 86.0 Å². The van der Waals surface area contributed by atoms with Crippen molar-refractivity contribution in [2.75, 3.05) is 0 Å². The van der Waals surface area contributed by atoms with Crippen LogP contribution in [-0.4, -0.2) is 34.9 Å². The predicted molar refractivity (Wildman–Crippen MR) is 113 cm³/mol. The first-order valence-electron chi connectivity index (χ1n) is 11.8. The molecule has 4 aliphatic carbocycles. The van der Waals surface area contributed by atoms with Gasteiger partial charge in [0.2, 0.25) is 0 Å². The van der Waals surface area contributed by atoms with E-state index in [9.17, 15) is 14.7 Å². The molecule has 8 atom stereocenters. The number of fused-ring (bicyclic) bond motifs is 5. The Morgan fingerprint density at radius 1 is 1.07 bits per heavy atom. The van der Waals surface area contributed by atoms with Gasteiger partial charge >= 0.3 is 11.9 Å². The molecule has 0 unspecified atom stereocenters. The molecule has 0 spiro atoms. The van der Waals surface area contributed by atoms with Gasteiger partial charge in [0.1, 0.15) is 17.8 Å². The zero-order valence-corrected chi connectivity index (χ0v) is 19.2. The third-order valence-corrected chi connectivity index (χ3v) is 9.62. The van der Waals surface area contributed by atoms with E-state index in [1.165, 1.54) is 19.4 Å². The quantitative estimate of drug-likeness (QED) is 0.537. The van der Waals surface area contributed by atoms with Gasteiger partial charge in [-0.1, -0.05) is 25.5 Å². The Bertz CT molecular complexity index is 759. The van der Waals surface area contributed by atoms with Crippen LogP contribution in [0.2, 0.25) is 0 Å². The van der Waals surface area contributed by atoms with E-state index in [0.717, 1.165) is 44.9 Å². The van der Waals surface area contributed by atoms with E-state index in [0.29, 0.717) is 24.2 Å². The van der Waals surface area contributed by atoms with Crippen molar-refractivity contribution >= 4 is 11.9 Å². The van der Waals surface area contributed by atoms with Gasteiger partial charge in [-0.05, 0) is 75.0 Å². The van der Waals surface area contributed by atoms with Gasteiger partial charge in [0.05, 0.1) is 0 Å². The van der Waals surface area contributed by atoms with Crippen molar-refractivity contribution < 1.29 is 24.2 Å². The molecule has 0 heterocycles. The first-order valence-corrected chi connectivity index (χ1v) is 11.8. The van der Waals surface area contributed by atoms with Crippen LogP contribution >= 0.6 is 0 Å². The summed E-state index contributed by atoms with van der Waals surface area (Å²) in [6.07, 6.45) is 9.64. The van der Waals surface area contributed by atoms with Crippen LogP contribution in [0.5, 0.6) is 0 Å². The summed E-state index contributed by atoms with van der Waals surface area (Å²) in [4.78, 5) is 23.0. The van der Waals surface area contributed by atoms with E-state index in [-0.39, 0.29) is 28.9 Å². The zero-order valence-electron chi connectivity index (χ0n) is 19.2. The normalized spacial score (nSPS) is 46.0. The zero-order chi connectivity index (χ0) is 21.9. The van der Waals surface area contributed by atoms with E-state index in [1.807, 2.05) is 6.92 Å². The molecule has 168 valence electrons. The van der Waals surface area contributed by atoms with Crippen LogP contribution in [0.4, 0.5) is 0 Å². The van der Waals surface area contributed by atoms with E-state index in [2.05, 4.69) is 19.9 Å². The van der Waals surface area contributed by atoms with Gasteiger partial charge in [-0.25, -0.2) is 0 Å². The fraction of sp³-hybridized carbons (Fsp3) is 0.840. The molecule has 4 aliphatic rings. The number of aliphatic hydroxyl groups is 1. The SMILES string of the molecule is CC(=O)O[C@H]1CC[C@@]2(C)C(=CC[C@H]3[C@H]2CC[C@@]2(C)[C@@H]3CC[C@@]2(O)[C@H](C)OC(C)=O)C1. The molecule has 5 nitrogen and oxygen atoms in total. The van der Waals surface area contributed by atoms with E-state index in [1.54, 1.807) is 0 Å². The summed E-state index contributed by atoms with van der Waals surface area (Å²) >= 11 is 0. The second-order valence-electron chi connectivity index (χ2n) is 10.9. The Labute approximate surface area is 180 Å². The lowest BCUT2D eigenvalue weighted by Gasteiger charge is -2.59. The topological polar surface area (TPSA) is 72.8 Å². The minimum atomic E-state index is -0.952. The van der Waals surface area contributed by atoms with Crippen LogP contribution in [0.15, 0.2) is 11.6 Å². The van der Waals surface area contributed by atoms with Gasteiger partial charge < -0.3 is 14.6 Å². The summed E-state index contributed by atoms with van der Waals surface area (Å²) < 4.78 is 11.0. The van der Waals surface area contributed by atoms with Gasteiger partial charge in [-0.2, -0.15) is 0 Å². The second-order valence-corrected chi connectivity index (χ2v) is 10.9. The van der Waals surface area contributed by atoms with E-state index in [4.69, 9.17) is 9.47 Å². The maximum absolute atomic E-state index is 11.7. The van der Waals surface area contributed by atoms with Crippen molar-refractivity contribution in [2.24, 2.45) is 28.6 Å². The molecule has 30 heavy (non-hydrogen) atoms. The smallest absolute Gasteiger partial charge is 0.302 e. The van der Waals surface area contributed by atoms with E-state index >= 15 is 0 Å². The number of hydrogen-bond donors (Lipinski definition) is 1. The fourth-order valence-corrected chi connectivity index (χ4v) is 8.03. The van der Waals surface area contributed by atoms with Crippen LogP contribution in [0.25, 0.3) is 0 Å². The number of esters is 2. The highest BCUT2D eigenvalue weighted by molar-refractivity contribution is 5.66. The first kappa shape index (κ1) is 21.9. The molecule has 0 aromatic carbocycles. The monoisotopic (exact) mass is 418 g/mol. The molecule has 1 N–H and O–H groups in total. The van der Waals surface area contributed by atoms with Crippen LogP contribution < -0.4 is 0 Å². The minimum absolute atomic E-state index is 0.0217. The van der Waals surface area contributed by atoms with Crippen LogP contribution in [-0.2, 0) is 19.1 Å². The van der Waals surface area contributed by atoms with Crippen molar-refractivity contribution in [1.29, 1.82) is 0 Å². The lowest BCUT2D eigenvalue weighted by atomic mass is 9.46. The summed E-state index contributed by atoms with van der Waals surface area (Å²) in [7, 11) is 0. The number of hydrogen-bond acceptors (Lipinski definition) is 5. The van der Waals surface area contributed by atoms with Gasteiger partial charge in [-0.3, -0.25) is 9.59 Å². The number of carbonyl (C=O) groups excluding carboxylic acids is 2.